The number of nitrogens with one attached hydrogen (secondary N) is 1. The molecule has 1 aliphatic rings. The van der Waals surface area contributed by atoms with Crippen molar-refractivity contribution in [1.29, 1.82) is 0 Å². The molecule has 1 fully saturated rings. The SMILES string of the molecule is CCC(CC)Oc1ccc(C#Cc2ccc(CC(C)NC(=O)C3CC3)cc2)cc1. The monoisotopic (exact) mass is 389 g/mol. The fourth-order valence-corrected chi connectivity index (χ4v) is 3.24. The molecule has 0 bridgehead atoms. The van der Waals surface area contributed by atoms with Gasteiger partial charge in [-0.25, -0.2) is 0 Å². The first kappa shape index (κ1) is 21.0. The lowest BCUT2D eigenvalue weighted by atomic mass is 10.0. The van der Waals surface area contributed by atoms with Crippen LogP contribution in [0.3, 0.4) is 0 Å². The fourth-order valence-electron chi connectivity index (χ4n) is 3.24. The van der Waals surface area contributed by atoms with Crippen LogP contribution in [-0.2, 0) is 11.2 Å². The van der Waals surface area contributed by atoms with E-state index in [1.54, 1.807) is 0 Å². The molecule has 2 aromatic rings. The lowest BCUT2D eigenvalue weighted by molar-refractivity contribution is -0.122. The van der Waals surface area contributed by atoms with Gasteiger partial charge in [-0.1, -0.05) is 37.8 Å². The van der Waals surface area contributed by atoms with Gasteiger partial charge in [-0.2, -0.15) is 0 Å². The van der Waals surface area contributed by atoms with Gasteiger partial charge in [-0.05, 0) is 81.0 Å². The van der Waals surface area contributed by atoms with E-state index in [9.17, 15) is 4.79 Å². The maximum atomic E-state index is 11.8. The number of amides is 1. The topological polar surface area (TPSA) is 38.3 Å². The molecule has 0 radical (unpaired) electrons. The lowest BCUT2D eigenvalue weighted by Crippen LogP contribution is -2.35. The number of benzene rings is 2. The van der Waals surface area contributed by atoms with Gasteiger partial charge in [0.25, 0.3) is 0 Å². The highest BCUT2D eigenvalue weighted by atomic mass is 16.5. The number of carbonyl (C=O) groups is 1. The highest BCUT2D eigenvalue weighted by molar-refractivity contribution is 5.81. The Kier molecular flexibility index (Phi) is 7.36. The molecule has 0 heterocycles. The molecule has 1 atom stereocenters. The van der Waals surface area contributed by atoms with Gasteiger partial charge in [-0.3, -0.25) is 4.79 Å². The molecule has 0 aliphatic heterocycles. The van der Waals surface area contributed by atoms with Crippen molar-refractivity contribution < 1.29 is 9.53 Å². The molecule has 29 heavy (non-hydrogen) atoms. The predicted molar refractivity (Wildman–Crippen MR) is 118 cm³/mol. The molecule has 0 spiro atoms. The Hall–Kier alpha value is -2.73. The Morgan fingerprint density at radius 2 is 1.55 bits per heavy atom. The van der Waals surface area contributed by atoms with E-state index in [0.717, 1.165) is 49.0 Å². The molecule has 1 N–H and O–H groups in total. The summed E-state index contributed by atoms with van der Waals surface area (Å²) in [5.41, 5.74) is 3.17. The fraction of sp³-hybridized carbons (Fsp3) is 0.423. The van der Waals surface area contributed by atoms with Crippen LogP contribution in [0.1, 0.15) is 63.1 Å². The zero-order valence-electron chi connectivity index (χ0n) is 17.7. The van der Waals surface area contributed by atoms with Crippen LogP contribution in [0, 0.1) is 17.8 Å². The molecule has 0 saturated heterocycles. The second-order valence-electron chi connectivity index (χ2n) is 7.92. The van der Waals surface area contributed by atoms with E-state index in [1.807, 2.05) is 36.4 Å². The predicted octanol–water partition coefficient (Wildman–Crippen LogP) is 5.11. The average molecular weight is 390 g/mol. The van der Waals surface area contributed by atoms with Crippen molar-refractivity contribution >= 4 is 5.91 Å². The molecule has 3 heteroatoms. The summed E-state index contributed by atoms with van der Waals surface area (Å²) >= 11 is 0. The van der Waals surface area contributed by atoms with Crippen molar-refractivity contribution in [2.24, 2.45) is 5.92 Å². The molecular weight excluding hydrogens is 358 g/mol. The summed E-state index contributed by atoms with van der Waals surface area (Å²) in [7, 11) is 0. The third kappa shape index (κ3) is 6.68. The summed E-state index contributed by atoms with van der Waals surface area (Å²) in [5, 5.41) is 3.10. The lowest BCUT2D eigenvalue weighted by Gasteiger charge is -2.15. The molecule has 0 aromatic heterocycles. The third-order valence-electron chi connectivity index (χ3n) is 5.25. The standard InChI is InChI=1S/C26H31NO2/c1-4-24(5-2)29-25-16-12-21(13-17-25)7-6-20-8-10-22(11-9-20)18-19(3)27-26(28)23-14-15-23/h8-13,16-17,19,23-24H,4-5,14-15,18H2,1-3H3,(H,27,28). The van der Waals surface area contributed by atoms with E-state index >= 15 is 0 Å². The van der Waals surface area contributed by atoms with Crippen molar-refractivity contribution in [3.63, 3.8) is 0 Å². The highest BCUT2D eigenvalue weighted by Gasteiger charge is 2.30. The first-order valence-electron chi connectivity index (χ1n) is 10.8. The van der Waals surface area contributed by atoms with Gasteiger partial charge in [0.1, 0.15) is 5.75 Å². The maximum Gasteiger partial charge on any atom is 0.223 e. The van der Waals surface area contributed by atoms with Crippen molar-refractivity contribution in [3.8, 4) is 17.6 Å². The van der Waals surface area contributed by atoms with Crippen molar-refractivity contribution in [3.05, 3.63) is 65.2 Å². The van der Waals surface area contributed by atoms with Gasteiger partial charge in [0.15, 0.2) is 0 Å². The van der Waals surface area contributed by atoms with Gasteiger partial charge >= 0.3 is 0 Å². The minimum Gasteiger partial charge on any atom is -0.490 e. The summed E-state index contributed by atoms with van der Waals surface area (Å²) in [5.74, 6) is 7.80. The summed E-state index contributed by atoms with van der Waals surface area (Å²) in [6.45, 7) is 6.35. The van der Waals surface area contributed by atoms with E-state index in [0.29, 0.717) is 0 Å². The van der Waals surface area contributed by atoms with Crippen molar-refractivity contribution in [2.75, 3.05) is 0 Å². The Morgan fingerprint density at radius 3 is 2.07 bits per heavy atom. The molecule has 1 aliphatic carbocycles. The Bertz CT molecular complexity index is 850. The third-order valence-corrected chi connectivity index (χ3v) is 5.25. The number of carbonyl (C=O) groups excluding carboxylic acids is 1. The van der Waals surface area contributed by atoms with E-state index in [1.165, 1.54) is 5.56 Å². The molecular formula is C26H31NO2. The first-order valence-corrected chi connectivity index (χ1v) is 10.8. The quantitative estimate of drug-likeness (QED) is 0.637. The summed E-state index contributed by atoms with van der Waals surface area (Å²) in [6, 6.07) is 16.4. The summed E-state index contributed by atoms with van der Waals surface area (Å²) < 4.78 is 5.94. The van der Waals surface area contributed by atoms with E-state index < -0.39 is 0 Å². The smallest absolute Gasteiger partial charge is 0.223 e. The van der Waals surface area contributed by atoms with Gasteiger partial charge in [-0.15, -0.1) is 0 Å². The highest BCUT2D eigenvalue weighted by Crippen LogP contribution is 2.29. The van der Waals surface area contributed by atoms with Gasteiger partial charge in [0.2, 0.25) is 5.91 Å². The Morgan fingerprint density at radius 1 is 1.00 bits per heavy atom. The molecule has 3 nitrogen and oxygen atoms in total. The Balaban J connectivity index is 1.53. The molecule has 1 amide bonds. The molecule has 1 saturated carbocycles. The molecule has 1 unspecified atom stereocenters. The van der Waals surface area contributed by atoms with Gasteiger partial charge < -0.3 is 10.1 Å². The van der Waals surface area contributed by atoms with Crippen molar-refractivity contribution in [2.45, 2.75) is 65.0 Å². The summed E-state index contributed by atoms with van der Waals surface area (Å²) in [6.07, 6.45) is 5.22. The minimum atomic E-state index is 0.154. The second kappa shape index (κ2) is 10.2. The van der Waals surface area contributed by atoms with Crippen LogP contribution < -0.4 is 10.1 Å². The van der Waals surface area contributed by atoms with Crippen LogP contribution in [0.15, 0.2) is 48.5 Å². The first-order chi connectivity index (χ1) is 14.1. The van der Waals surface area contributed by atoms with Crippen LogP contribution in [0.2, 0.25) is 0 Å². The minimum absolute atomic E-state index is 0.154. The maximum absolute atomic E-state index is 11.8. The normalized spacial score (nSPS) is 14.1. The van der Waals surface area contributed by atoms with E-state index in [-0.39, 0.29) is 24.0 Å². The molecule has 3 rings (SSSR count). The van der Waals surface area contributed by atoms with E-state index in [4.69, 9.17) is 4.74 Å². The van der Waals surface area contributed by atoms with Crippen LogP contribution >= 0.6 is 0 Å². The van der Waals surface area contributed by atoms with Crippen LogP contribution in [0.5, 0.6) is 5.75 Å². The number of hydrogen-bond donors (Lipinski definition) is 1. The van der Waals surface area contributed by atoms with Crippen LogP contribution in [0.4, 0.5) is 0 Å². The summed E-state index contributed by atoms with van der Waals surface area (Å²) in [4.78, 5) is 11.8. The number of rotatable bonds is 8. The van der Waals surface area contributed by atoms with Gasteiger partial charge in [0.05, 0.1) is 6.10 Å². The molecule has 152 valence electrons. The molecule has 2 aromatic carbocycles. The largest absolute Gasteiger partial charge is 0.490 e. The average Bonchev–Trinajstić information content (AvgIpc) is 3.58. The van der Waals surface area contributed by atoms with Gasteiger partial charge in [0, 0.05) is 23.1 Å². The van der Waals surface area contributed by atoms with Crippen LogP contribution in [-0.4, -0.2) is 18.1 Å². The number of ether oxygens (including phenoxy) is 1. The van der Waals surface area contributed by atoms with Crippen molar-refractivity contribution in [1.82, 2.24) is 5.32 Å². The Labute approximate surface area is 174 Å². The number of hydrogen-bond acceptors (Lipinski definition) is 2. The zero-order valence-corrected chi connectivity index (χ0v) is 17.7. The zero-order chi connectivity index (χ0) is 20.6. The second-order valence-corrected chi connectivity index (χ2v) is 7.92. The van der Waals surface area contributed by atoms with Crippen LogP contribution in [0.25, 0.3) is 0 Å². The van der Waals surface area contributed by atoms with E-state index in [2.05, 4.69) is 50.1 Å².